The predicted molar refractivity (Wildman–Crippen MR) is 95.9 cm³/mol. The number of aryl methyl sites for hydroxylation is 1. The van der Waals surface area contributed by atoms with Crippen molar-refractivity contribution >= 4 is 17.7 Å². The van der Waals surface area contributed by atoms with Crippen LogP contribution in [0.1, 0.15) is 51.5 Å². The molecular weight excluding hydrogens is 334 g/mol. The average Bonchev–Trinajstić information content (AvgIpc) is 2.92. The van der Waals surface area contributed by atoms with Crippen molar-refractivity contribution in [1.29, 1.82) is 0 Å². The molecule has 0 saturated carbocycles. The van der Waals surface area contributed by atoms with E-state index in [1.807, 2.05) is 0 Å². The molecule has 1 N–H and O–H groups in total. The fraction of sp³-hybridized carbons (Fsp3) is 0.368. The van der Waals surface area contributed by atoms with E-state index in [9.17, 15) is 14.4 Å². The van der Waals surface area contributed by atoms with Gasteiger partial charge in [-0.15, -0.1) is 0 Å². The first-order valence-corrected chi connectivity index (χ1v) is 8.25. The largest absolute Gasteiger partial charge is 0.464 e. The normalized spacial score (nSPS) is 11.7. The lowest BCUT2D eigenvalue weighted by molar-refractivity contribution is -0.130. The number of carbonyl (C=O) groups is 3. The number of methoxy groups -OCH3 is 1. The van der Waals surface area contributed by atoms with Crippen LogP contribution in [0, 0.1) is 13.8 Å². The summed E-state index contributed by atoms with van der Waals surface area (Å²) in [6, 6.07) is 2.92. The summed E-state index contributed by atoms with van der Waals surface area (Å²) in [5.41, 5.74) is 2.65. The summed E-state index contributed by atoms with van der Waals surface area (Å²) >= 11 is 0. The van der Waals surface area contributed by atoms with Crippen LogP contribution in [0.4, 0.5) is 0 Å². The van der Waals surface area contributed by atoms with Gasteiger partial charge in [-0.2, -0.15) is 0 Å². The van der Waals surface area contributed by atoms with Crippen LogP contribution in [0.25, 0.3) is 0 Å². The molecule has 0 radical (unpaired) electrons. The van der Waals surface area contributed by atoms with Crippen molar-refractivity contribution in [3.8, 4) is 0 Å². The highest BCUT2D eigenvalue weighted by atomic mass is 16.5. The Morgan fingerprint density at radius 1 is 1.23 bits per heavy atom. The molecule has 0 bridgehead atoms. The third kappa shape index (κ3) is 3.82. The highest BCUT2D eigenvalue weighted by molar-refractivity contribution is 6.06. The number of ether oxygens (including phenoxy) is 1. The van der Waals surface area contributed by atoms with E-state index >= 15 is 0 Å². The Labute approximate surface area is 152 Å². The Morgan fingerprint density at radius 2 is 1.85 bits per heavy atom. The minimum atomic E-state index is -0.681. The summed E-state index contributed by atoms with van der Waals surface area (Å²) in [5, 5.41) is 0. The topological polar surface area (TPSA) is 92.4 Å². The first kappa shape index (κ1) is 19.4. The number of H-pyrrole nitrogens is 1. The molecule has 0 aliphatic carbocycles. The van der Waals surface area contributed by atoms with Crippen LogP contribution in [-0.4, -0.2) is 45.7 Å². The van der Waals surface area contributed by atoms with E-state index in [0.717, 1.165) is 5.56 Å². The van der Waals surface area contributed by atoms with Crippen molar-refractivity contribution in [2.24, 2.45) is 0 Å². The van der Waals surface area contributed by atoms with Gasteiger partial charge in [0.15, 0.2) is 5.78 Å². The maximum Gasteiger partial charge on any atom is 0.354 e. The molecule has 138 valence electrons. The summed E-state index contributed by atoms with van der Waals surface area (Å²) in [5.74, 6) is -0.963. The predicted octanol–water partition coefficient (Wildman–Crippen LogP) is 2.43. The van der Waals surface area contributed by atoms with E-state index in [1.54, 1.807) is 45.3 Å². The molecule has 1 amide bonds. The fourth-order valence-electron chi connectivity index (χ4n) is 2.98. The van der Waals surface area contributed by atoms with Gasteiger partial charge in [0, 0.05) is 37.1 Å². The molecule has 2 aromatic rings. The number of amides is 1. The fourth-order valence-corrected chi connectivity index (χ4v) is 2.98. The number of hydrogen-bond acceptors (Lipinski definition) is 5. The quantitative estimate of drug-likeness (QED) is 0.633. The number of esters is 1. The molecule has 0 aliphatic heterocycles. The molecule has 0 aliphatic rings. The SMILES string of the molecule is COC(=O)c1[nH]c(C)c(C(=O)C(C)N(Cc2ccncc2)C(C)=O)c1C. The molecule has 2 heterocycles. The maximum absolute atomic E-state index is 13.1. The van der Waals surface area contributed by atoms with Crippen molar-refractivity contribution in [3.63, 3.8) is 0 Å². The summed E-state index contributed by atoms with van der Waals surface area (Å²) in [6.07, 6.45) is 3.28. The van der Waals surface area contributed by atoms with E-state index in [1.165, 1.54) is 18.9 Å². The Kier molecular flexibility index (Phi) is 5.92. The first-order valence-electron chi connectivity index (χ1n) is 8.25. The molecule has 26 heavy (non-hydrogen) atoms. The molecule has 7 heteroatoms. The molecule has 7 nitrogen and oxygen atoms in total. The summed E-state index contributed by atoms with van der Waals surface area (Å²) in [6.45, 7) is 6.84. The molecule has 0 spiro atoms. The number of aromatic nitrogens is 2. The van der Waals surface area contributed by atoms with E-state index < -0.39 is 12.0 Å². The van der Waals surface area contributed by atoms with Gasteiger partial charge in [0.05, 0.1) is 13.2 Å². The third-order valence-electron chi connectivity index (χ3n) is 4.43. The second-order valence-corrected chi connectivity index (χ2v) is 6.16. The van der Waals surface area contributed by atoms with Gasteiger partial charge in [-0.3, -0.25) is 14.6 Å². The van der Waals surface area contributed by atoms with E-state index in [4.69, 9.17) is 4.74 Å². The lowest BCUT2D eigenvalue weighted by atomic mass is 9.99. The summed E-state index contributed by atoms with van der Waals surface area (Å²) < 4.78 is 4.74. The smallest absolute Gasteiger partial charge is 0.354 e. The van der Waals surface area contributed by atoms with Crippen LogP contribution in [0.2, 0.25) is 0 Å². The number of ketones is 1. The standard InChI is InChI=1S/C19H23N3O4/c1-11-16(12(2)21-17(11)19(25)26-5)18(24)13(3)22(14(4)23)10-15-6-8-20-9-7-15/h6-9,13,21H,10H2,1-5H3. The molecular formula is C19H23N3O4. The summed E-state index contributed by atoms with van der Waals surface area (Å²) in [4.78, 5) is 45.4. The Morgan fingerprint density at radius 3 is 2.38 bits per heavy atom. The Bertz CT molecular complexity index is 827. The van der Waals surface area contributed by atoms with Crippen molar-refractivity contribution in [3.05, 3.63) is 52.6 Å². The van der Waals surface area contributed by atoms with Crippen LogP contribution < -0.4 is 0 Å². The highest BCUT2D eigenvalue weighted by Gasteiger charge is 2.30. The van der Waals surface area contributed by atoms with Gasteiger partial charge in [0.1, 0.15) is 5.69 Å². The van der Waals surface area contributed by atoms with Gasteiger partial charge in [0.2, 0.25) is 5.91 Å². The van der Waals surface area contributed by atoms with Gasteiger partial charge < -0.3 is 14.6 Å². The first-order chi connectivity index (χ1) is 12.3. The Hall–Kier alpha value is -2.96. The number of nitrogens with one attached hydrogen (secondary N) is 1. The monoisotopic (exact) mass is 357 g/mol. The lowest BCUT2D eigenvalue weighted by Crippen LogP contribution is -2.42. The van der Waals surface area contributed by atoms with Crippen LogP contribution in [0.15, 0.2) is 24.5 Å². The number of hydrogen-bond donors (Lipinski definition) is 1. The number of nitrogens with zero attached hydrogens (tertiary/aromatic N) is 2. The highest BCUT2D eigenvalue weighted by Crippen LogP contribution is 2.22. The lowest BCUT2D eigenvalue weighted by Gasteiger charge is -2.27. The zero-order chi connectivity index (χ0) is 19.4. The van der Waals surface area contributed by atoms with Crippen molar-refractivity contribution in [1.82, 2.24) is 14.9 Å². The van der Waals surface area contributed by atoms with Crippen LogP contribution >= 0.6 is 0 Å². The number of Topliss-reactive ketones (excluding diaryl/α,β-unsaturated/α-hetero) is 1. The van der Waals surface area contributed by atoms with Crippen molar-refractivity contribution < 1.29 is 19.1 Å². The van der Waals surface area contributed by atoms with Crippen LogP contribution in [-0.2, 0) is 16.1 Å². The molecule has 0 aromatic carbocycles. The molecule has 0 fully saturated rings. The van der Waals surface area contributed by atoms with E-state index in [-0.39, 0.29) is 17.4 Å². The van der Waals surface area contributed by atoms with Gasteiger partial charge in [0.25, 0.3) is 0 Å². The van der Waals surface area contributed by atoms with Crippen LogP contribution in [0.5, 0.6) is 0 Å². The van der Waals surface area contributed by atoms with Gasteiger partial charge in [-0.25, -0.2) is 4.79 Å². The third-order valence-corrected chi connectivity index (χ3v) is 4.43. The van der Waals surface area contributed by atoms with E-state index in [0.29, 0.717) is 23.4 Å². The average molecular weight is 357 g/mol. The Balaban J connectivity index is 2.33. The minimum absolute atomic E-state index is 0.207. The van der Waals surface area contributed by atoms with E-state index in [2.05, 4.69) is 9.97 Å². The number of carbonyl (C=O) groups excluding carboxylic acids is 3. The zero-order valence-electron chi connectivity index (χ0n) is 15.6. The summed E-state index contributed by atoms with van der Waals surface area (Å²) in [7, 11) is 1.29. The van der Waals surface area contributed by atoms with Gasteiger partial charge in [-0.05, 0) is 44.0 Å². The van der Waals surface area contributed by atoms with Crippen molar-refractivity contribution in [2.45, 2.75) is 40.3 Å². The maximum atomic E-state index is 13.1. The second-order valence-electron chi connectivity index (χ2n) is 6.16. The van der Waals surface area contributed by atoms with Crippen LogP contribution in [0.3, 0.4) is 0 Å². The number of aromatic amines is 1. The molecule has 2 aromatic heterocycles. The zero-order valence-corrected chi connectivity index (χ0v) is 15.6. The number of rotatable bonds is 6. The molecule has 1 unspecified atom stereocenters. The van der Waals surface area contributed by atoms with Gasteiger partial charge in [-0.1, -0.05) is 0 Å². The minimum Gasteiger partial charge on any atom is -0.464 e. The molecule has 1 atom stereocenters. The number of pyridine rings is 1. The van der Waals surface area contributed by atoms with Gasteiger partial charge >= 0.3 is 5.97 Å². The molecule has 0 saturated heterocycles. The van der Waals surface area contributed by atoms with Crippen molar-refractivity contribution in [2.75, 3.05) is 7.11 Å². The molecule has 2 rings (SSSR count). The second kappa shape index (κ2) is 7.95.